The minimum Gasteiger partial charge on any atom is -0.398 e. The van der Waals surface area contributed by atoms with Gasteiger partial charge in [-0.2, -0.15) is 0 Å². The smallest absolute Gasteiger partial charge is 0.259 e. The maximum absolute atomic E-state index is 12.0. The molecule has 1 heterocycles. The minimum absolute atomic E-state index is 0.286. The number of benzene rings is 1. The normalized spacial score (nSPS) is 10.1. The molecule has 0 aliphatic heterocycles. The Morgan fingerprint density at radius 3 is 2.83 bits per heavy atom. The summed E-state index contributed by atoms with van der Waals surface area (Å²) in [5, 5.41) is 3.41. The Kier molecular flexibility index (Phi) is 3.48. The van der Waals surface area contributed by atoms with Crippen molar-refractivity contribution < 1.29 is 4.79 Å². The first-order valence-corrected chi connectivity index (χ1v) is 5.72. The van der Waals surface area contributed by atoms with E-state index in [4.69, 9.17) is 17.3 Å². The SMILES string of the molecule is Cc1cc(Cl)ccc1NC(=O)c1cnccc1N. The number of nitrogens with one attached hydrogen (secondary N) is 1. The summed E-state index contributed by atoms with van der Waals surface area (Å²) < 4.78 is 0. The number of nitrogens with zero attached hydrogens (tertiary/aromatic N) is 1. The second kappa shape index (κ2) is 5.06. The fourth-order valence-corrected chi connectivity index (χ4v) is 1.78. The van der Waals surface area contributed by atoms with Crippen LogP contribution in [-0.4, -0.2) is 10.9 Å². The largest absolute Gasteiger partial charge is 0.398 e. The number of anilines is 2. The van der Waals surface area contributed by atoms with Crippen LogP contribution >= 0.6 is 11.6 Å². The number of carbonyl (C=O) groups excluding carboxylic acids is 1. The number of carbonyl (C=O) groups is 1. The Morgan fingerprint density at radius 2 is 2.17 bits per heavy atom. The number of hydrogen-bond donors (Lipinski definition) is 2. The highest BCUT2D eigenvalue weighted by Gasteiger charge is 2.10. The van der Waals surface area contributed by atoms with Gasteiger partial charge in [-0.1, -0.05) is 11.6 Å². The molecule has 92 valence electrons. The van der Waals surface area contributed by atoms with Crippen LogP contribution in [0, 0.1) is 6.92 Å². The van der Waals surface area contributed by atoms with Gasteiger partial charge in [0.1, 0.15) is 0 Å². The molecule has 2 rings (SSSR count). The van der Waals surface area contributed by atoms with Gasteiger partial charge in [-0.3, -0.25) is 9.78 Å². The zero-order valence-electron chi connectivity index (χ0n) is 9.77. The van der Waals surface area contributed by atoms with Crippen LogP contribution in [0.1, 0.15) is 15.9 Å². The fourth-order valence-electron chi connectivity index (χ4n) is 1.55. The van der Waals surface area contributed by atoms with Gasteiger partial charge in [-0.15, -0.1) is 0 Å². The van der Waals surface area contributed by atoms with Crippen molar-refractivity contribution in [1.82, 2.24) is 4.98 Å². The number of nitrogen functional groups attached to an aromatic ring is 1. The van der Waals surface area contributed by atoms with E-state index in [1.165, 1.54) is 6.20 Å². The molecular formula is C13H12ClN3O. The van der Waals surface area contributed by atoms with Crippen molar-refractivity contribution in [1.29, 1.82) is 0 Å². The first-order valence-electron chi connectivity index (χ1n) is 5.35. The first kappa shape index (κ1) is 12.4. The molecule has 0 saturated carbocycles. The second-order valence-corrected chi connectivity index (χ2v) is 4.31. The Bertz CT molecular complexity index is 599. The molecule has 1 aromatic heterocycles. The highest BCUT2D eigenvalue weighted by molar-refractivity contribution is 6.30. The number of rotatable bonds is 2. The number of aromatic nitrogens is 1. The van der Waals surface area contributed by atoms with E-state index < -0.39 is 0 Å². The molecule has 5 heteroatoms. The van der Waals surface area contributed by atoms with Crippen molar-refractivity contribution in [3.63, 3.8) is 0 Å². The molecule has 0 fully saturated rings. The topological polar surface area (TPSA) is 68.0 Å². The van der Waals surface area contributed by atoms with Crippen molar-refractivity contribution in [3.8, 4) is 0 Å². The van der Waals surface area contributed by atoms with Crippen molar-refractivity contribution in [2.45, 2.75) is 6.92 Å². The molecule has 0 unspecified atom stereocenters. The summed E-state index contributed by atoms with van der Waals surface area (Å²) in [6.45, 7) is 1.87. The monoisotopic (exact) mass is 261 g/mol. The molecular weight excluding hydrogens is 250 g/mol. The van der Waals surface area contributed by atoms with Gasteiger partial charge in [0.25, 0.3) is 5.91 Å². The number of aryl methyl sites for hydroxylation is 1. The summed E-state index contributed by atoms with van der Waals surface area (Å²) in [6.07, 6.45) is 2.98. The van der Waals surface area contributed by atoms with Gasteiger partial charge in [0.2, 0.25) is 0 Å². The molecule has 3 N–H and O–H groups in total. The van der Waals surface area contributed by atoms with Crippen LogP contribution in [0.5, 0.6) is 0 Å². The predicted octanol–water partition coefficient (Wildman–Crippen LogP) is 2.88. The van der Waals surface area contributed by atoms with E-state index >= 15 is 0 Å². The van der Waals surface area contributed by atoms with Crippen LogP contribution in [-0.2, 0) is 0 Å². The standard InChI is InChI=1S/C13H12ClN3O/c1-8-6-9(14)2-3-12(8)17-13(18)10-7-16-5-4-11(10)15/h2-7H,1H3,(H2,15,16)(H,17,18). The summed E-state index contributed by atoms with van der Waals surface area (Å²) in [6, 6.07) is 6.84. The van der Waals surface area contributed by atoms with E-state index in [9.17, 15) is 4.79 Å². The molecule has 0 aliphatic rings. The lowest BCUT2D eigenvalue weighted by Gasteiger charge is -2.09. The van der Waals surface area contributed by atoms with E-state index in [0.717, 1.165) is 5.56 Å². The number of hydrogen-bond acceptors (Lipinski definition) is 3. The Morgan fingerprint density at radius 1 is 1.39 bits per heavy atom. The minimum atomic E-state index is -0.286. The Hall–Kier alpha value is -2.07. The van der Waals surface area contributed by atoms with E-state index in [1.807, 2.05) is 6.92 Å². The van der Waals surface area contributed by atoms with Crippen LogP contribution in [0.2, 0.25) is 5.02 Å². The highest BCUT2D eigenvalue weighted by atomic mass is 35.5. The third kappa shape index (κ3) is 2.60. The van der Waals surface area contributed by atoms with E-state index in [2.05, 4.69) is 10.3 Å². The molecule has 0 bridgehead atoms. The van der Waals surface area contributed by atoms with Gasteiger partial charge in [0.05, 0.1) is 5.56 Å². The first-order chi connectivity index (χ1) is 8.58. The lowest BCUT2D eigenvalue weighted by Crippen LogP contribution is -2.15. The summed E-state index contributed by atoms with van der Waals surface area (Å²) in [7, 11) is 0. The molecule has 1 amide bonds. The van der Waals surface area contributed by atoms with Gasteiger partial charge in [-0.25, -0.2) is 0 Å². The molecule has 4 nitrogen and oxygen atoms in total. The molecule has 0 spiro atoms. The average Bonchev–Trinajstić information content (AvgIpc) is 2.33. The molecule has 0 atom stereocenters. The van der Waals surface area contributed by atoms with Crippen molar-refractivity contribution in [3.05, 3.63) is 52.8 Å². The number of amides is 1. The lowest BCUT2D eigenvalue weighted by molar-refractivity contribution is 0.102. The van der Waals surface area contributed by atoms with Gasteiger partial charge >= 0.3 is 0 Å². The zero-order valence-corrected chi connectivity index (χ0v) is 10.5. The highest BCUT2D eigenvalue weighted by Crippen LogP contribution is 2.21. The Labute approximate surface area is 110 Å². The van der Waals surface area contributed by atoms with Gasteiger partial charge in [0.15, 0.2) is 0 Å². The molecule has 0 aliphatic carbocycles. The maximum atomic E-state index is 12.0. The second-order valence-electron chi connectivity index (χ2n) is 3.88. The molecule has 1 aromatic carbocycles. The van der Waals surface area contributed by atoms with Crippen LogP contribution in [0.4, 0.5) is 11.4 Å². The lowest BCUT2D eigenvalue weighted by atomic mass is 10.1. The molecule has 0 radical (unpaired) electrons. The number of nitrogens with two attached hydrogens (primary N) is 1. The third-order valence-electron chi connectivity index (χ3n) is 2.54. The summed E-state index contributed by atoms with van der Waals surface area (Å²) in [4.78, 5) is 15.9. The van der Waals surface area contributed by atoms with Gasteiger partial charge < -0.3 is 11.1 Å². The van der Waals surface area contributed by atoms with Crippen molar-refractivity contribution >= 4 is 28.9 Å². The summed E-state index contributed by atoms with van der Waals surface area (Å²) in [5.74, 6) is -0.286. The van der Waals surface area contributed by atoms with Crippen molar-refractivity contribution in [2.24, 2.45) is 0 Å². The number of halogens is 1. The molecule has 0 saturated heterocycles. The Balaban J connectivity index is 2.24. The van der Waals surface area contributed by atoms with Crippen LogP contribution < -0.4 is 11.1 Å². The quantitative estimate of drug-likeness (QED) is 0.873. The van der Waals surface area contributed by atoms with Gasteiger partial charge in [-0.05, 0) is 36.8 Å². The maximum Gasteiger partial charge on any atom is 0.259 e. The predicted molar refractivity (Wildman–Crippen MR) is 72.8 cm³/mol. The van der Waals surface area contributed by atoms with E-state index in [0.29, 0.717) is 22.0 Å². The zero-order chi connectivity index (χ0) is 13.1. The fraction of sp³-hybridized carbons (Fsp3) is 0.0769. The van der Waals surface area contributed by atoms with E-state index in [1.54, 1.807) is 30.5 Å². The number of pyridine rings is 1. The summed E-state index contributed by atoms with van der Waals surface area (Å²) >= 11 is 5.85. The van der Waals surface area contributed by atoms with Gasteiger partial charge in [0, 0.05) is 28.8 Å². The van der Waals surface area contributed by atoms with Crippen molar-refractivity contribution in [2.75, 3.05) is 11.1 Å². The van der Waals surface area contributed by atoms with E-state index in [-0.39, 0.29) is 5.91 Å². The van der Waals surface area contributed by atoms with Crippen LogP contribution in [0.15, 0.2) is 36.7 Å². The van der Waals surface area contributed by atoms with Crippen LogP contribution in [0.25, 0.3) is 0 Å². The average molecular weight is 262 g/mol. The third-order valence-corrected chi connectivity index (χ3v) is 2.77. The summed E-state index contributed by atoms with van der Waals surface area (Å²) in [5.41, 5.74) is 8.06. The molecule has 18 heavy (non-hydrogen) atoms. The van der Waals surface area contributed by atoms with Crippen LogP contribution in [0.3, 0.4) is 0 Å². The molecule has 2 aromatic rings.